The number of rotatable bonds is 7. The fourth-order valence-electron chi connectivity index (χ4n) is 4.88. The van der Waals surface area contributed by atoms with E-state index in [1.807, 2.05) is 26.0 Å². The van der Waals surface area contributed by atoms with Gasteiger partial charge in [0.05, 0.1) is 17.8 Å². The van der Waals surface area contributed by atoms with Crippen molar-refractivity contribution >= 4 is 5.97 Å². The predicted octanol–water partition coefficient (Wildman–Crippen LogP) is 0.934. The Hall–Kier alpha value is -3.25. The quantitative estimate of drug-likeness (QED) is 0.419. The fraction of sp³-hybridized carbons (Fsp3) is 0.458. The van der Waals surface area contributed by atoms with Gasteiger partial charge in [-0.1, -0.05) is 6.07 Å². The number of aliphatic hydroxyl groups is 2. The molecule has 3 aromatic rings. The van der Waals surface area contributed by atoms with Crippen LogP contribution in [-0.2, 0) is 11.3 Å². The Labute approximate surface area is 202 Å². The van der Waals surface area contributed by atoms with Crippen molar-refractivity contribution in [3.8, 4) is 11.5 Å². The van der Waals surface area contributed by atoms with E-state index in [4.69, 9.17) is 4.74 Å². The van der Waals surface area contributed by atoms with Gasteiger partial charge in [-0.25, -0.2) is 4.79 Å². The summed E-state index contributed by atoms with van der Waals surface area (Å²) in [6.07, 6.45) is 0.382. The lowest BCUT2D eigenvalue weighted by Gasteiger charge is -2.36. The molecule has 2 aliphatic rings. The third-order valence-electron chi connectivity index (χ3n) is 6.98. The van der Waals surface area contributed by atoms with Gasteiger partial charge in [-0.3, -0.25) is 14.8 Å². The van der Waals surface area contributed by atoms with Crippen LogP contribution in [0.3, 0.4) is 0 Å². The van der Waals surface area contributed by atoms with Crippen molar-refractivity contribution in [3.05, 3.63) is 57.8 Å². The summed E-state index contributed by atoms with van der Waals surface area (Å²) < 4.78 is 5.12. The van der Waals surface area contributed by atoms with Gasteiger partial charge in [0.15, 0.2) is 0 Å². The summed E-state index contributed by atoms with van der Waals surface area (Å²) >= 11 is 0. The number of H-pyrrole nitrogens is 1. The molecule has 35 heavy (non-hydrogen) atoms. The number of aliphatic hydroxyl groups excluding tert-OH is 2. The zero-order valence-corrected chi connectivity index (χ0v) is 19.8. The topological polar surface area (TPSA) is 141 Å². The number of hydrogen-bond donors (Lipinski definition) is 3. The second kappa shape index (κ2) is 9.78. The smallest absolute Gasteiger partial charge is 0.338 e. The molecule has 1 fully saturated rings. The van der Waals surface area contributed by atoms with E-state index in [2.05, 4.69) is 35.4 Å². The monoisotopic (exact) mass is 479 g/mol. The minimum Gasteiger partial charge on any atom is -0.457 e. The van der Waals surface area contributed by atoms with E-state index in [0.717, 1.165) is 54.0 Å². The molecule has 0 unspecified atom stereocenters. The molecule has 1 aromatic carbocycles. The number of aryl methyl sites for hydroxylation is 1. The van der Waals surface area contributed by atoms with Crippen molar-refractivity contribution in [2.45, 2.75) is 32.7 Å². The van der Waals surface area contributed by atoms with Gasteiger partial charge in [0.25, 0.3) is 0 Å². The van der Waals surface area contributed by atoms with E-state index in [0.29, 0.717) is 30.2 Å². The molecule has 2 atom stereocenters. The number of β-amino-alcohol motifs (C(OH)–C–C–N with tert-alkyl or cyclic N) is 2. The summed E-state index contributed by atoms with van der Waals surface area (Å²) in [5.74, 6) is 0.126. The number of pyridine rings is 1. The molecule has 0 aliphatic carbocycles. The van der Waals surface area contributed by atoms with E-state index < -0.39 is 12.2 Å². The highest BCUT2D eigenvalue weighted by Crippen LogP contribution is 2.29. The Kier molecular flexibility index (Phi) is 6.56. The van der Waals surface area contributed by atoms with Crippen LogP contribution >= 0.6 is 0 Å². The number of hydrogen-bond acceptors (Lipinski definition) is 10. The van der Waals surface area contributed by atoms with Crippen LogP contribution in [0.5, 0.6) is 0 Å². The molecule has 4 heterocycles. The van der Waals surface area contributed by atoms with Gasteiger partial charge in [0.1, 0.15) is 12.3 Å². The number of aromatic nitrogens is 5. The van der Waals surface area contributed by atoms with Crippen LogP contribution in [0.2, 0.25) is 0 Å². The van der Waals surface area contributed by atoms with Crippen molar-refractivity contribution < 1.29 is 19.7 Å². The Morgan fingerprint density at radius 1 is 1.06 bits per heavy atom. The average Bonchev–Trinajstić information content (AvgIpc) is 3.51. The summed E-state index contributed by atoms with van der Waals surface area (Å²) in [5, 5.41) is 35.6. The van der Waals surface area contributed by atoms with Gasteiger partial charge >= 0.3 is 5.97 Å². The molecule has 11 nitrogen and oxygen atoms in total. The Morgan fingerprint density at radius 2 is 1.74 bits per heavy atom. The van der Waals surface area contributed by atoms with E-state index in [-0.39, 0.29) is 12.6 Å². The maximum Gasteiger partial charge on any atom is 0.338 e. The molecule has 0 saturated carbocycles. The first kappa shape index (κ1) is 23.5. The molecule has 0 bridgehead atoms. The minimum atomic E-state index is -0.655. The van der Waals surface area contributed by atoms with Gasteiger partial charge in [-0.15, -0.1) is 10.2 Å². The van der Waals surface area contributed by atoms with Gasteiger partial charge in [-0.2, -0.15) is 5.21 Å². The normalized spacial score (nSPS) is 18.3. The third kappa shape index (κ3) is 4.80. The van der Waals surface area contributed by atoms with Crippen molar-refractivity contribution in [3.63, 3.8) is 0 Å². The number of aromatic amines is 1. The van der Waals surface area contributed by atoms with Gasteiger partial charge in [-0.05, 0) is 47.9 Å². The number of nitrogens with zero attached hydrogens (tertiary/aromatic N) is 6. The molecular weight excluding hydrogens is 450 g/mol. The predicted molar refractivity (Wildman–Crippen MR) is 125 cm³/mol. The number of nitrogens with one attached hydrogen (secondary N) is 1. The lowest BCUT2D eigenvalue weighted by Crippen LogP contribution is -2.48. The van der Waals surface area contributed by atoms with Crippen LogP contribution in [0, 0.1) is 13.8 Å². The lowest BCUT2D eigenvalue weighted by atomic mass is 9.95. The summed E-state index contributed by atoms with van der Waals surface area (Å²) in [6, 6.07) is 5.44. The fourth-order valence-corrected chi connectivity index (χ4v) is 4.88. The summed E-state index contributed by atoms with van der Waals surface area (Å²) in [7, 11) is 0. The third-order valence-corrected chi connectivity index (χ3v) is 6.98. The van der Waals surface area contributed by atoms with E-state index in [9.17, 15) is 15.0 Å². The summed E-state index contributed by atoms with van der Waals surface area (Å²) in [6.45, 7) is 8.36. The first-order chi connectivity index (χ1) is 16.9. The molecule has 1 saturated heterocycles. The van der Waals surface area contributed by atoms with Gasteiger partial charge in [0.2, 0.25) is 5.82 Å². The average molecular weight is 480 g/mol. The minimum absolute atomic E-state index is 0.274. The zero-order valence-electron chi connectivity index (χ0n) is 19.8. The summed E-state index contributed by atoms with van der Waals surface area (Å²) in [5.41, 5.74) is 5.55. The highest BCUT2D eigenvalue weighted by atomic mass is 16.5. The van der Waals surface area contributed by atoms with Gasteiger partial charge in [0, 0.05) is 56.6 Å². The van der Waals surface area contributed by atoms with E-state index in [1.54, 1.807) is 12.3 Å². The molecule has 184 valence electrons. The molecule has 2 aromatic heterocycles. The Bertz CT molecular complexity index is 1210. The second-order valence-electron chi connectivity index (χ2n) is 9.18. The lowest BCUT2D eigenvalue weighted by molar-refractivity contribution is 0.0478. The van der Waals surface area contributed by atoms with Crippen LogP contribution < -0.4 is 0 Å². The Morgan fingerprint density at radius 3 is 2.37 bits per heavy atom. The molecule has 5 rings (SSSR count). The maximum absolute atomic E-state index is 11.8. The van der Waals surface area contributed by atoms with Crippen LogP contribution in [-0.4, -0.2) is 90.9 Å². The number of carbonyl (C=O) groups is 1. The number of tetrazole rings is 1. The van der Waals surface area contributed by atoms with Crippen molar-refractivity contribution in [1.29, 1.82) is 0 Å². The number of carbonyl (C=O) groups excluding carboxylic acids is 1. The first-order valence-electron chi connectivity index (χ1n) is 11.7. The first-order valence-corrected chi connectivity index (χ1v) is 11.7. The number of benzene rings is 1. The van der Waals surface area contributed by atoms with Crippen molar-refractivity contribution in [2.24, 2.45) is 0 Å². The van der Waals surface area contributed by atoms with E-state index in [1.165, 1.54) is 0 Å². The molecule has 0 radical (unpaired) electrons. The van der Waals surface area contributed by atoms with Crippen LogP contribution in [0.25, 0.3) is 11.5 Å². The van der Waals surface area contributed by atoms with Crippen molar-refractivity contribution in [2.75, 3.05) is 39.3 Å². The number of esters is 1. The SMILES string of the molecule is Cc1cc(-c2nn[nH]n2)ncc1[C@@H](O)CN1CCN(C[C@H](O)c2ccc3c(c2C)COC3=O)CC1. The standard InChI is InChI=1S/C24H29N7O4/c1-14-9-20(23-26-28-29-27-23)25-10-18(14)22(33)12-31-7-5-30(6-8-31)11-21(32)16-3-4-17-19(15(16)2)13-35-24(17)34/h3-4,9-10,21-22,32-33H,5-8,11-13H2,1-2H3,(H,26,27,28,29)/t21-,22-/m0/s1. The highest BCUT2D eigenvalue weighted by Gasteiger charge is 2.27. The number of piperazine rings is 1. The molecule has 11 heteroatoms. The second-order valence-corrected chi connectivity index (χ2v) is 9.18. The largest absolute Gasteiger partial charge is 0.457 e. The molecule has 0 amide bonds. The zero-order chi connectivity index (χ0) is 24.5. The maximum atomic E-state index is 11.8. The number of fused-ring (bicyclic) bond motifs is 1. The van der Waals surface area contributed by atoms with Crippen LogP contribution in [0.1, 0.15) is 50.4 Å². The molecular formula is C24H29N7O4. The molecule has 2 aliphatic heterocycles. The molecule has 3 N–H and O–H groups in total. The number of cyclic esters (lactones) is 1. The van der Waals surface area contributed by atoms with E-state index >= 15 is 0 Å². The number of ether oxygens (including phenoxy) is 1. The Balaban J connectivity index is 1.14. The summed E-state index contributed by atoms with van der Waals surface area (Å²) in [4.78, 5) is 20.6. The van der Waals surface area contributed by atoms with Gasteiger partial charge < -0.3 is 14.9 Å². The van der Waals surface area contributed by atoms with Crippen molar-refractivity contribution in [1.82, 2.24) is 35.4 Å². The molecule has 0 spiro atoms. The van der Waals surface area contributed by atoms with Crippen LogP contribution in [0.15, 0.2) is 24.4 Å². The van der Waals surface area contributed by atoms with Crippen LogP contribution in [0.4, 0.5) is 0 Å². The highest BCUT2D eigenvalue weighted by molar-refractivity contribution is 5.93.